The molecule has 0 aliphatic carbocycles. The van der Waals surface area contributed by atoms with E-state index in [1.54, 1.807) is 6.08 Å². The lowest BCUT2D eigenvalue weighted by atomic mass is 10.3. The lowest BCUT2D eigenvalue weighted by Crippen LogP contribution is -2.06. The number of nitriles is 2. The number of nitrogens with zero attached hydrogens (tertiary/aromatic N) is 4. The zero-order chi connectivity index (χ0) is 12.0. The molecule has 1 aromatic rings. The Balaban J connectivity index is 3.22. The highest BCUT2D eigenvalue weighted by Gasteiger charge is 2.12. The van der Waals surface area contributed by atoms with Gasteiger partial charge in [-0.2, -0.15) is 15.5 Å². The molecule has 0 radical (unpaired) electrons. The number of hydrogen-bond acceptors (Lipinski definition) is 5. The molecule has 0 saturated heterocycles. The molecule has 0 amide bonds. The number of hydrogen-bond donors (Lipinski definition) is 0. The molecular weight excluding hydrogens is 204 g/mol. The fourth-order valence-corrected chi connectivity index (χ4v) is 1.09. The standard InChI is InChI=1S/C11H10N4O/c1-3-5-16-11-8(4-2)14-9(6-12)10(7-13)15-11/h3H,1,4-5H2,2H3. The molecule has 0 aliphatic heterocycles. The SMILES string of the molecule is C=CCOc1nc(C#N)c(C#N)nc1CC. The lowest BCUT2D eigenvalue weighted by Gasteiger charge is -2.07. The van der Waals surface area contributed by atoms with Crippen LogP contribution in [0, 0.1) is 22.7 Å². The third-order valence-electron chi connectivity index (χ3n) is 1.82. The Hall–Kier alpha value is -2.40. The fourth-order valence-electron chi connectivity index (χ4n) is 1.09. The van der Waals surface area contributed by atoms with E-state index in [0.29, 0.717) is 18.7 Å². The first kappa shape index (κ1) is 11.7. The second-order valence-electron chi connectivity index (χ2n) is 2.85. The van der Waals surface area contributed by atoms with Crippen LogP contribution in [0.2, 0.25) is 0 Å². The Morgan fingerprint density at radius 3 is 2.44 bits per heavy atom. The maximum atomic E-state index is 8.78. The summed E-state index contributed by atoms with van der Waals surface area (Å²) in [5.41, 5.74) is 0.585. The summed E-state index contributed by atoms with van der Waals surface area (Å²) in [6, 6.07) is 3.65. The zero-order valence-electron chi connectivity index (χ0n) is 8.90. The average molecular weight is 214 g/mol. The van der Waals surface area contributed by atoms with Crippen LogP contribution in [0.3, 0.4) is 0 Å². The smallest absolute Gasteiger partial charge is 0.237 e. The maximum Gasteiger partial charge on any atom is 0.237 e. The highest BCUT2D eigenvalue weighted by Crippen LogP contribution is 2.16. The van der Waals surface area contributed by atoms with Crippen LogP contribution >= 0.6 is 0 Å². The first-order valence-electron chi connectivity index (χ1n) is 4.71. The summed E-state index contributed by atoms with van der Waals surface area (Å²) in [6.45, 7) is 5.68. The van der Waals surface area contributed by atoms with E-state index in [1.165, 1.54) is 0 Å². The summed E-state index contributed by atoms with van der Waals surface area (Å²) in [5.74, 6) is 0.290. The van der Waals surface area contributed by atoms with Crippen molar-refractivity contribution < 1.29 is 4.74 Å². The molecule has 0 aromatic carbocycles. The van der Waals surface area contributed by atoms with Gasteiger partial charge in [-0.1, -0.05) is 19.6 Å². The summed E-state index contributed by atoms with van der Waals surface area (Å²) in [7, 11) is 0. The topological polar surface area (TPSA) is 82.6 Å². The van der Waals surface area contributed by atoms with Crippen LogP contribution in [0.15, 0.2) is 12.7 Å². The predicted molar refractivity (Wildman–Crippen MR) is 56.5 cm³/mol. The van der Waals surface area contributed by atoms with Crippen molar-refractivity contribution >= 4 is 0 Å². The van der Waals surface area contributed by atoms with Crippen molar-refractivity contribution in [2.45, 2.75) is 13.3 Å². The van der Waals surface area contributed by atoms with Crippen LogP contribution in [0.4, 0.5) is 0 Å². The summed E-state index contributed by atoms with van der Waals surface area (Å²) < 4.78 is 5.27. The zero-order valence-corrected chi connectivity index (χ0v) is 8.90. The quantitative estimate of drug-likeness (QED) is 0.706. The van der Waals surface area contributed by atoms with E-state index in [0.717, 1.165) is 0 Å². The van der Waals surface area contributed by atoms with Crippen LogP contribution in [-0.2, 0) is 6.42 Å². The van der Waals surface area contributed by atoms with Gasteiger partial charge in [0.05, 0.1) is 0 Å². The first-order chi connectivity index (χ1) is 7.76. The van der Waals surface area contributed by atoms with Crippen LogP contribution in [0.1, 0.15) is 24.0 Å². The maximum absolute atomic E-state index is 8.78. The molecule has 80 valence electrons. The number of rotatable bonds is 4. The first-order valence-corrected chi connectivity index (χ1v) is 4.71. The Labute approximate surface area is 93.6 Å². The summed E-state index contributed by atoms with van der Waals surface area (Å²) in [5, 5.41) is 17.6. The molecule has 0 bridgehead atoms. The van der Waals surface area contributed by atoms with Gasteiger partial charge in [-0.3, -0.25) is 0 Å². The van der Waals surface area contributed by atoms with E-state index < -0.39 is 0 Å². The molecule has 0 aliphatic rings. The monoisotopic (exact) mass is 214 g/mol. The highest BCUT2D eigenvalue weighted by molar-refractivity contribution is 5.39. The van der Waals surface area contributed by atoms with Gasteiger partial charge < -0.3 is 4.74 Å². The third kappa shape index (κ3) is 2.34. The van der Waals surface area contributed by atoms with Crippen LogP contribution in [0.25, 0.3) is 0 Å². The molecule has 16 heavy (non-hydrogen) atoms. The van der Waals surface area contributed by atoms with E-state index in [2.05, 4.69) is 16.5 Å². The Bertz CT molecular complexity index is 482. The van der Waals surface area contributed by atoms with Crippen molar-refractivity contribution in [3.63, 3.8) is 0 Å². The van der Waals surface area contributed by atoms with Crippen LogP contribution < -0.4 is 4.74 Å². The number of ether oxygens (including phenoxy) is 1. The van der Waals surface area contributed by atoms with E-state index >= 15 is 0 Å². The van der Waals surface area contributed by atoms with Crippen LogP contribution in [-0.4, -0.2) is 16.6 Å². The Morgan fingerprint density at radius 2 is 1.94 bits per heavy atom. The highest BCUT2D eigenvalue weighted by atomic mass is 16.5. The van der Waals surface area contributed by atoms with Gasteiger partial charge in [0, 0.05) is 0 Å². The van der Waals surface area contributed by atoms with Crippen molar-refractivity contribution in [2.75, 3.05) is 6.61 Å². The second-order valence-corrected chi connectivity index (χ2v) is 2.85. The minimum Gasteiger partial charge on any atom is -0.472 e. The van der Waals surface area contributed by atoms with E-state index in [1.807, 2.05) is 19.1 Å². The van der Waals surface area contributed by atoms with E-state index in [-0.39, 0.29) is 17.3 Å². The van der Waals surface area contributed by atoms with Gasteiger partial charge in [-0.15, -0.1) is 0 Å². The fraction of sp³-hybridized carbons (Fsp3) is 0.273. The van der Waals surface area contributed by atoms with Crippen LogP contribution in [0.5, 0.6) is 5.88 Å². The molecule has 0 unspecified atom stereocenters. The summed E-state index contributed by atoms with van der Waals surface area (Å²) in [4.78, 5) is 7.98. The minimum absolute atomic E-state index is 0.0150. The Morgan fingerprint density at radius 1 is 1.31 bits per heavy atom. The average Bonchev–Trinajstić information content (AvgIpc) is 2.35. The normalized spacial score (nSPS) is 8.94. The van der Waals surface area contributed by atoms with Gasteiger partial charge >= 0.3 is 0 Å². The molecule has 1 rings (SSSR count). The van der Waals surface area contributed by atoms with Crippen molar-refractivity contribution in [1.29, 1.82) is 10.5 Å². The molecule has 1 heterocycles. The molecular formula is C11H10N4O. The van der Waals surface area contributed by atoms with Gasteiger partial charge in [0.15, 0.2) is 11.4 Å². The molecule has 0 saturated carbocycles. The summed E-state index contributed by atoms with van der Waals surface area (Å²) in [6.07, 6.45) is 2.16. The number of aryl methyl sites for hydroxylation is 1. The molecule has 0 fully saturated rings. The van der Waals surface area contributed by atoms with Gasteiger partial charge in [-0.05, 0) is 6.42 Å². The van der Waals surface area contributed by atoms with Crippen molar-refractivity contribution in [3.05, 3.63) is 29.7 Å². The van der Waals surface area contributed by atoms with Gasteiger partial charge in [0.2, 0.25) is 5.88 Å². The number of aromatic nitrogens is 2. The molecule has 1 aromatic heterocycles. The van der Waals surface area contributed by atoms with Crippen molar-refractivity contribution in [1.82, 2.24) is 9.97 Å². The molecule has 0 N–H and O–H groups in total. The van der Waals surface area contributed by atoms with Crippen molar-refractivity contribution in [3.8, 4) is 18.0 Å². The van der Waals surface area contributed by atoms with Gasteiger partial charge in [-0.25, -0.2) is 4.98 Å². The third-order valence-corrected chi connectivity index (χ3v) is 1.82. The largest absolute Gasteiger partial charge is 0.472 e. The molecule has 5 heteroatoms. The van der Waals surface area contributed by atoms with Crippen molar-refractivity contribution in [2.24, 2.45) is 0 Å². The van der Waals surface area contributed by atoms with E-state index in [9.17, 15) is 0 Å². The van der Waals surface area contributed by atoms with Gasteiger partial charge in [0.1, 0.15) is 24.4 Å². The minimum atomic E-state index is -0.0150. The summed E-state index contributed by atoms with van der Waals surface area (Å²) >= 11 is 0. The van der Waals surface area contributed by atoms with E-state index in [4.69, 9.17) is 15.3 Å². The lowest BCUT2D eigenvalue weighted by molar-refractivity contribution is 0.341. The molecule has 0 spiro atoms. The predicted octanol–water partition coefficient (Wildman–Crippen LogP) is 1.35. The Kier molecular flexibility index (Phi) is 3.99. The molecule has 5 nitrogen and oxygen atoms in total. The molecule has 0 atom stereocenters. The second kappa shape index (κ2) is 5.47. The van der Waals surface area contributed by atoms with Gasteiger partial charge in [0.25, 0.3) is 0 Å².